The number of ether oxygens (including phenoxy) is 1. The van der Waals surface area contributed by atoms with E-state index in [1.165, 1.54) is 44.6 Å². The topological polar surface area (TPSA) is 12.5 Å². The van der Waals surface area contributed by atoms with Crippen molar-refractivity contribution in [3.8, 4) is 5.75 Å². The first-order valence-corrected chi connectivity index (χ1v) is 7.81. The molecule has 2 saturated carbocycles. The van der Waals surface area contributed by atoms with Gasteiger partial charge < -0.3 is 9.64 Å². The zero-order valence-electron chi connectivity index (χ0n) is 12.4. The second-order valence-electron chi connectivity index (χ2n) is 6.37. The first-order chi connectivity index (χ1) is 9.69. The van der Waals surface area contributed by atoms with Crippen LogP contribution < -0.4 is 9.64 Å². The van der Waals surface area contributed by atoms with Crippen molar-refractivity contribution in [2.75, 3.05) is 12.0 Å². The highest BCUT2D eigenvalue weighted by molar-refractivity contribution is 5.61. The van der Waals surface area contributed by atoms with E-state index in [2.05, 4.69) is 11.8 Å². The van der Waals surface area contributed by atoms with Crippen LogP contribution in [-0.4, -0.2) is 19.2 Å². The molecule has 0 amide bonds. The monoisotopic (exact) mass is 277 g/mol. The number of benzene rings is 1. The molecule has 3 rings (SSSR count). The average Bonchev–Trinajstić information content (AvgIpc) is 3.27. The smallest absolute Gasteiger partial charge is 0.145 e. The maximum atomic E-state index is 13.4. The highest BCUT2D eigenvalue weighted by Gasteiger charge is 2.36. The largest absolute Gasteiger partial charge is 0.494 e. The van der Waals surface area contributed by atoms with Gasteiger partial charge in [-0.3, -0.25) is 0 Å². The normalized spacial score (nSPS) is 26.4. The molecule has 2 aliphatic rings. The SMILES string of the molecule is COc1cc(F)ccc1N(C1CCC(C)CC1)C1CC1. The summed E-state index contributed by atoms with van der Waals surface area (Å²) in [6, 6.07) is 6.19. The van der Waals surface area contributed by atoms with Gasteiger partial charge in [-0.1, -0.05) is 6.92 Å². The fourth-order valence-corrected chi connectivity index (χ4v) is 3.43. The predicted octanol–water partition coefficient (Wildman–Crippen LogP) is 4.38. The van der Waals surface area contributed by atoms with Crippen LogP contribution in [0.25, 0.3) is 0 Å². The highest BCUT2D eigenvalue weighted by atomic mass is 19.1. The molecular weight excluding hydrogens is 253 g/mol. The van der Waals surface area contributed by atoms with Crippen LogP contribution in [0.1, 0.15) is 45.4 Å². The fraction of sp³-hybridized carbons (Fsp3) is 0.647. The van der Waals surface area contributed by atoms with Gasteiger partial charge >= 0.3 is 0 Å². The molecular formula is C17H24FNO. The van der Waals surface area contributed by atoms with Crippen molar-refractivity contribution in [3.63, 3.8) is 0 Å². The van der Waals surface area contributed by atoms with Gasteiger partial charge in [0, 0.05) is 18.2 Å². The first-order valence-electron chi connectivity index (χ1n) is 7.81. The van der Waals surface area contributed by atoms with E-state index in [9.17, 15) is 4.39 Å². The number of methoxy groups -OCH3 is 1. The molecule has 0 spiro atoms. The van der Waals surface area contributed by atoms with Crippen LogP contribution in [0.2, 0.25) is 0 Å². The molecule has 0 saturated heterocycles. The van der Waals surface area contributed by atoms with Gasteiger partial charge in [0.05, 0.1) is 12.8 Å². The van der Waals surface area contributed by atoms with Crippen LogP contribution >= 0.6 is 0 Å². The van der Waals surface area contributed by atoms with Crippen LogP contribution in [0.3, 0.4) is 0 Å². The third-order valence-electron chi connectivity index (χ3n) is 4.74. The Morgan fingerprint density at radius 2 is 1.65 bits per heavy atom. The van der Waals surface area contributed by atoms with E-state index in [1.807, 2.05) is 6.07 Å². The van der Waals surface area contributed by atoms with E-state index in [0.717, 1.165) is 11.6 Å². The summed E-state index contributed by atoms with van der Waals surface area (Å²) < 4.78 is 18.8. The lowest BCUT2D eigenvalue weighted by molar-refractivity contribution is 0.329. The summed E-state index contributed by atoms with van der Waals surface area (Å²) in [4.78, 5) is 2.52. The molecule has 20 heavy (non-hydrogen) atoms. The Hall–Kier alpha value is -1.25. The second kappa shape index (κ2) is 5.63. The highest BCUT2D eigenvalue weighted by Crippen LogP contribution is 2.42. The predicted molar refractivity (Wildman–Crippen MR) is 79.9 cm³/mol. The van der Waals surface area contributed by atoms with E-state index in [0.29, 0.717) is 17.8 Å². The van der Waals surface area contributed by atoms with Crippen molar-refractivity contribution in [2.45, 2.75) is 57.5 Å². The van der Waals surface area contributed by atoms with Gasteiger partial charge in [0.15, 0.2) is 0 Å². The number of halogens is 1. The van der Waals surface area contributed by atoms with Crippen LogP contribution in [0.15, 0.2) is 18.2 Å². The van der Waals surface area contributed by atoms with Crippen LogP contribution in [0, 0.1) is 11.7 Å². The van der Waals surface area contributed by atoms with Gasteiger partial charge in [-0.05, 0) is 56.6 Å². The molecule has 0 atom stereocenters. The van der Waals surface area contributed by atoms with Gasteiger partial charge in [-0.2, -0.15) is 0 Å². The zero-order valence-corrected chi connectivity index (χ0v) is 12.4. The number of rotatable bonds is 4. The summed E-state index contributed by atoms with van der Waals surface area (Å²) in [7, 11) is 1.63. The Labute approximate surface area is 120 Å². The van der Waals surface area contributed by atoms with Crippen molar-refractivity contribution in [1.29, 1.82) is 0 Å². The van der Waals surface area contributed by atoms with E-state index < -0.39 is 0 Å². The molecule has 0 radical (unpaired) electrons. The van der Waals surface area contributed by atoms with Crippen molar-refractivity contribution >= 4 is 5.69 Å². The summed E-state index contributed by atoms with van der Waals surface area (Å²) in [6.45, 7) is 2.34. The standard InChI is InChI=1S/C17H24FNO/c1-12-3-6-14(7-4-12)19(15-8-9-15)16-10-5-13(18)11-17(16)20-2/h5,10-12,14-15H,3-4,6-9H2,1-2H3. The Kier molecular flexibility index (Phi) is 3.86. The Morgan fingerprint density at radius 1 is 1.05 bits per heavy atom. The third kappa shape index (κ3) is 2.77. The minimum absolute atomic E-state index is 0.224. The van der Waals surface area contributed by atoms with E-state index in [4.69, 9.17) is 4.74 Å². The van der Waals surface area contributed by atoms with E-state index >= 15 is 0 Å². The van der Waals surface area contributed by atoms with Crippen LogP contribution in [0.4, 0.5) is 10.1 Å². The molecule has 0 aromatic heterocycles. The average molecular weight is 277 g/mol. The first kappa shape index (κ1) is 13.7. The van der Waals surface area contributed by atoms with E-state index in [1.54, 1.807) is 13.2 Å². The van der Waals surface area contributed by atoms with Gasteiger partial charge in [0.2, 0.25) is 0 Å². The molecule has 0 heterocycles. The molecule has 2 aliphatic carbocycles. The summed E-state index contributed by atoms with van der Waals surface area (Å²) >= 11 is 0. The molecule has 0 bridgehead atoms. The summed E-state index contributed by atoms with van der Waals surface area (Å²) in [5, 5.41) is 0. The van der Waals surface area contributed by atoms with Crippen molar-refractivity contribution in [3.05, 3.63) is 24.0 Å². The lowest BCUT2D eigenvalue weighted by atomic mass is 9.86. The lowest BCUT2D eigenvalue weighted by Gasteiger charge is -2.38. The zero-order chi connectivity index (χ0) is 14.1. The molecule has 2 nitrogen and oxygen atoms in total. The third-order valence-corrected chi connectivity index (χ3v) is 4.74. The molecule has 1 aromatic carbocycles. The van der Waals surface area contributed by atoms with Gasteiger partial charge in [-0.25, -0.2) is 4.39 Å². The number of hydrogen-bond donors (Lipinski definition) is 0. The number of hydrogen-bond acceptors (Lipinski definition) is 2. The number of nitrogens with zero attached hydrogens (tertiary/aromatic N) is 1. The molecule has 1 aromatic rings. The molecule has 3 heteroatoms. The quantitative estimate of drug-likeness (QED) is 0.809. The van der Waals surface area contributed by atoms with Crippen molar-refractivity contribution in [2.24, 2.45) is 5.92 Å². The Bertz CT molecular complexity index is 464. The molecule has 0 aliphatic heterocycles. The minimum Gasteiger partial charge on any atom is -0.494 e. The lowest BCUT2D eigenvalue weighted by Crippen LogP contribution is -2.39. The maximum absolute atomic E-state index is 13.4. The van der Waals surface area contributed by atoms with Crippen molar-refractivity contribution < 1.29 is 9.13 Å². The Morgan fingerprint density at radius 3 is 2.20 bits per heavy atom. The molecule has 2 fully saturated rings. The second-order valence-corrected chi connectivity index (χ2v) is 6.37. The Balaban J connectivity index is 1.87. The number of anilines is 1. The summed E-state index contributed by atoms with van der Waals surface area (Å²) in [5.41, 5.74) is 1.08. The fourth-order valence-electron chi connectivity index (χ4n) is 3.43. The summed E-state index contributed by atoms with van der Waals surface area (Å²) in [6.07, 6.45) is 7.62. The molecule has 110 valence electrons. The van der Waals surface area contributed by atoms with Gasteiger partial charge in [0.1, 0.15) is 11.6 Å². The van der Waals surface area contributed by atoms with E-state index in [-0.39, 0.29) is 5.82 Å². The molecule has 0 N–H and O–H groups in total. The molecule has 0 unspecified atom stereocenters. The van der Waals surface area contributed by atoms with Crippen molar-refractivity contribution in [1.82, 2.24) is 0 Å². The van der Waals surface area contributed by atoms with Gasteiger partial charge in [0.25, 0.3) is 0 Å². The van der Waals surface area contributed by atoms with Crippen LogP contribution in [0.5, 0.6) is 5.75 Å². The van der Waals surface area contributed by atoms with Gasteiger partial charge in [-0.15, -0.1) is 0 Å². The van der Waals surface area contributed by atoms with Crippen LogP contribution in [-0.2, 0) is 0 Å². The minimum atomic E-state index is -0.224. The maximum Gasteiger partial charge on any atom is 0.145 e. The summed E-state index contributed by atoms with van der Waals surface area (Å²) in [5.74, 6) is 1.30.